The van der Waals surface area contributed by atoms with E-state index in [2.05, 4.69) is 45.9 Å². The fraction of sp³-hybridized carbons (Fsp3) is 0.417. The third-order valence-electron chi connectivity index (χ3n) is 1.87. The maximum absolute atomic E-state index is 3.99. The quantitative estimate of drug-likeness (QED) is 0.624. The van der Waals surface area contributed by atoms with E-state index < -0.39 is 0 Å². The lowest BCUT2D eigenvalue weighted by Gasteiger charge is -2.06. The van der Waals surface area contributed by atoms with Gasteiger partial charge in [0.15, 0.2) is 0 Å². The number of hydrogen-bond acceptors (Lipinski definition) is 0. The van der Waals surface area contributed by atoms with Crippen LogP contribution in [0, 0.1) is 26.7 Å². The van der Waals surface area contributed by atoms with Crippen molar-refractivity contribution in [1.82, 2.24) is 0 Å². The van der Waals surface area contributed by atoms with Gasteiger partial charge in [-0.25, -0.2) is 0 Å². The van der Waals surface area contributed by atoms with Crippen LogP contribution in [-0.2, 0) is 6.42 Å². The van der Waals surface area contributed by atoms with Crippen LogP contribution >= 0.6 is 0 Å². The first-order valence-corrected chi connectivity index (χ1v) is 4.48. The van der Waals surface area contributed by atoms with Crippen molar-refractivity contribution in [2.45, 2.75) is 27.2 Å². The molecule has 1 atom stereocenters. The molecule has 0 aromatic heterocycles. The van der Waals surface area contributed by atoms with Crippen molar-refractivity contribution in [3.8, 4) is 0 Å². The molecule has 0 bridgehead atoms. The Morgan fingerprint density at radius 1 is 1.17 bits per heavy atom. The largest absolute Gasteiger partial charge is 0.0622 e. The summed E-state index contributed by atoms with van der Waals surface area (Å²) in [5.41, 5.74) is 4.12. The topological polar surface area (TPSA) is 0 Å². The van der Waals surface area contributed by atoms with Crippen LogP contribution < -0.4 is 0 Å². The van der Waals surface area contributed by atoms with Gasteiger partial charge in [-0.1, -0.05) is 43.2 Å². The Hall–Kier alpha value is -0.780. The zero-order chi connectivity index (χ0) is 9.14. The van der Waals surface area contributed by atoms with Crippen molar-refractivity contribution in [3.05, 3.63) is 41.8 Å². The highest BCUT2D eigenvalue weighted by Gasteiger charge is 1.98. The van der Waals surface area contributed by atoms with E-state index in [0.29, 0.717) is 5.92 Å². The minimum absolute atomic E-state index is 0.506. The summed E-state index contributed by atoms with van der Waals surface area (Å²) in [6.45, 7) is 10.4. The number of benzene rings is 1. The third kappa shape index (κ3) is 2.69. The number of rotatable bonds is 2. The van der Waals surface area contributed by atoms with E-state index in [-0.39, 0.29) is 0 Å². The van der Waals surface area contributed by atoms with Gasteiger partial charge in [0.05, 0.1) is 0 Å². The maximum atomic E-state index is 3.99. The molecule has 0 heterocycles. The Morgan fingerprint density at radius 3 is 2.08 bits per heavy atom. The lowest BCUT2D eigenvalue weighted by molar-refractivity contribution is 0.718. The van der Waals surface area contributed by atoms with E-state index in [0.717, 1.165) is 6.42 Å². The molecule has 0 aliphatic carbocycles. The summed E-state index contributed by atoms with van der Waals surface area (Å²) in [7, 11) is 0. The Kier molecular flexibility index (Phi) is 2.91. The van der Waals surface area contributed by atoms with Crippen LogP contribution in [0.4, 0.5) is 0 Å². The van der Waals surface area contributed by atoms with Crippen molar-refractivity contribution < 1.29 is 0 Å². The second-order valence-corrected chi connectivity index (χ2v) is 3.81. The fourth-order valence-corrected chi connectivity index (χ4v) is 1.59. The van der Waals surface area contributed by atoms with Crippen molar-refractivity contribution in [2.75, 3.05) is 0 Å². The van der Waals surface area contributed by atoms with Crippen LogP contribution in [0.15, 0.2) is 18.2 Å². The lowest BCUT2D eigenvalue weighted by Crippen LogP contribution is -1.95. The minimum atomic E-state index is 0.506. The molecule has 0 aliphatic rings. The van der Waals surface area contributed by atoms with Gasteiger partial charge in [0, 0.05) is 0 Å². The summed E-state index contributed by atoms with van der Waals surface area (Å²) >= 11 is 0. The van der Waals surface area contributed by atoms with Crippen LogP contribution in [-0.4, -0.2) is 0 Å². The summed E-state index contributed by atoms with van der Waals surface area (Å²) in [6.07, 6.45) is 1.09. The average molecular weight is 161 g/mol. The van der Waals surface area contributed by atoms with Gasteiger partial charge < -0.3 is 0 Å². The summed E-state index contributed by atoms with van der Waals surface area (Å²) < 4.78 is 0. The molecule has 0 N–H and O–H groups in total. The highest BCUT2D eigenvalue weighted by Crippen LogP contribution is 2.12. The molecule has 0 saturated carbocycles. The molecule has 0 amide bonds. The highest BCUT2D eigenvalue weighted by atomic mass is 14.0. The number of aryl methyl sites for hydroxylation is 2. The smallest absolute Gasteiger partial charge is 0.0253 e. The highest BCUT2D eigenvalue weighted by molar-refractivity contribution is 5.28. The predicted molar refractivity (Wildman–Crippen MR) is 54.1 cm³/mol. The van der Waals surface area contributed by atoms with Crippen LogP contribution in [0.25, 0.3) is 0 Å². The Bertz CT molecular complexity index is 238. The zero-order valence-corrected chi connectivity index (χ0v) is 8.22. The van der Waals surface area contributed by atoms with Gasteiger partial charge in [-0.05, 0) is 31.7 Å². The van der Waals surface area contributed by atoms with Gasteiger partial charge in [-0.3, -0.25) is 0 Å². The molecule has 0 nitrogen and oxygen atoms in total. The van der Waals surface area contributed by atoms with Gasteiger partial charge in [-0.2, -0.15) is 0 Å². The molecule has 12 heavy (non-hydrogen) atoms. The van der Waals surface area contributed by atoms with Gasteiger partial charge in [0.25, 0.3) is 0 Å². The monoisotopic (exact) mass is 161 g/mol. The van der Waals surface area contributed by atoms with Crippen molar-refractivity contribution in [2.24, 2.45) is 5.92 Å². The molecule has 1 aromatic carbocycles. The third-order valence-corrected chi connectivity index (χ3v) is 1.87. The molecule has 0 aliphatic heterocycles. The van der Waals surface area contributed by atoms with Crippen LogP contribution in [0.5, 0.6) is 0 Å². The van der Waals surface area contributed by atoms with Crippen molar-refractivity contribution >= 4 is 0 Å². The van der Waals surface area contributed by atoms with E-state index in [1.807, 2.05) is 0 Å². The van der Waals surface area contributed by atoms with Gasteiger partial charge in [0.2, 0.25) is 0 Å². The molecule has 0 saturated heterocycles. The molecule has 1 aromatic rings. The Labute approximate surface area is 75.6 Å². The van der Waals surface area contributed by atoms with Crippen LogP contribution in [0.2, 0.25) is 0 Å². The molecule has 65 valence electrons. The van der Waals surface area contributed by atoms with Crippen molar-refractivity contribution in [3.63, 3.8) is 0 Å². The first-order valence-electron chi connectivity index (χ1n) is 4.48. The average Bonchev–Trinajstić information content (AvgIpc) is 1.81. The predicted octanol–water partition coefficient (Wildman–Crippen LogP) is 3.32. The normalized spacial score (nSPS) is 10.8. The molecular formula is C12H17. The molecule has 0 heteroatoms. The summed E-state index contributed by atoms with van der Waals surface area (Å²) in [4.78, 5) is 0. The van der Waals surface area contributed by atoms with E-state index >= 15 is 0 Å². The first-order chi connectivity index (χ1) is 5.58. The van der Waals surface area contributed by atoms with Gasteiger partial charge >= 0.3 is 0 Å². The summed E-state index contributed by atoms with van der Waals surface area (Å²) in [6, 6.07) is 6.70. The zero-order valence-electron chi connectivity index (χ0n) is 8.22. The molecule has 1 radical (unpaired) electrons. The fourth-order valence-electron chi connectivity index (χ4n) is 1.59. The Morgan fingerprint density at radius 2 is 1.67 bits per heavy atom. The van der Waals surface area contributed by atoms with Crippen molar-refractivity contribution in [1.29, 1.82) is 0 Å². The summed E-state index contributed by atoms with van der Waals surface area (Å²) in [5, 5.41) is 0. The molecule has 1 rings (SSSR count). The molecule has 1 unspecified atom stereocenters. The second-order valence-electron chi connectivity index (χ2n) is 3.81. The van der Waals surface area contributed by atoms with Crippen LogP contribution in [0.1, 0.15) is 23.6 Å². The van der Waals surface area contributed by atoms with Gasteiger partial charge in [0.1, 0.15) is 0 Å². The maximum Gasteiger partial charge on any atom is -0.0253 e. The molecule has 0 spiro atoms. The molecular weight excluding hydrogens is 144 g/mol. The SMILES string of the molecule is [CH2]C(C)Cc1cc(C)cc(C)c1. The minimum Gasteiger partial charge on any atom is -0.0622 e. The number of hydrogen-bond donors (Lipinski definition) is 0. The van der Waals surface area contributed by atoms with E-state index in [4.69, 9.17) is 0 Å². The van der Waals surface area contributed by atoms with Gasteiger partial charge in [-0.15, -0.1) is 0 Å². The Balaban J connectivity index is 2.85. The second kappa shape index (κ2) is 3.75. The lowest BCUT2D eigenvalue weighted by atomic mass is 9.99. The van der Waals surface area contributed by atoms with E-state index in [1.54, 1.807) is 0 Å². The molecule has 0 fully saturated rings. The van der Waals surface area contributed by atoms with E-state index in [9.17, 15) is 0 Å². The van der Waals surface area contributed by atoms with E-state index in [1.165, 1.54) is 16.7 Å². The van der Waals surface area contributed by atoms with Crippen LogP contribution in [0.3, 0.4) is 0 Å². The summed E-state index contributed by atoms with van der Waals surface area (Å²) in [5.74, 6) is 0.506. The first kappa shape index (κ1) is 9.31. The standard InChI is InChI=1S/C12H17/c1-9(2)5-12-7-10(3)6-11(4)8-12/h6-9H,1,5H2,2-4H3.